The van der Waals surface area contributed by atoms with Crippen LogP contribution in [-0.4, -0.2) is 19.1 Å². The zero-order valence-electron chi connectivity index (χ0n) is 11.6. The minimum atomic E-state index is -0.474. The largest absolute Gasteiger partial charge is 0.491 e. The summed E-state index contributed by atoms with van der Waals surface area (Å²) < 4.78 is 5.75. The molecule has 0 fully saturated rings. The Bertz CT molecular complexity index is 685. The van der Waals surface area contributed by atoms with Crippen molar-refractivity contribution < 1.29 is 9.53 Å². The van der Waals surface area contributed by atoms with Crippen LogP contribution in [-0.2, 0) is 6.54 Å². The minimum absolute atomic E-state index is 0.419. The van der Waals surface area contributed by atoms with E-state index in [9.17, 15) is 4.79 Å². The molecule has 4 N–H and O–H groups in total. The maximum absolute atomic E-state index is 11.2. The van der Waals surface area contributed by atoms with E-state index in [0.717, 1.165) is 30.1 Å². The molecule has 0 atom stereocenters. The van der Waals surface area contributed by atoms with Crippen LogP contribution in [0.2, 0.25) is 0 Å². The van der Waals surface area contributed by atoms with E-state index in [-0.39, 0.29) is 0 Å². The second-order valence-electron chi connectivity index (χ2n) is 5.02. The number of para-hydroxylation sites is 1. The highest BCUT2D eigenvalue weighted by Gasteiger charge is 2.17. The Morgan fingerprint density at radius 2 is 2.00 bits per heavy atom. The molecule has 108 valence electrons. The molecular weight excluding hydrogens is 266 g/mol. The topological polar surface area (TPSA) is 81.6 Å². The van der Waals surface area contributed by atoms with Gasteiger partial charge in [0.15, 0.2) is 0 Å². The van der Waals surface area contributed by atoms with Crippen LogP contribution in [0.1, 0.15) is 15.9 Å². The van der Waals surface area contributed by atoms with E-state index in [1.54, 1.807) is 12.1 Å². The van der Waals surface area contributed by atoms with Gasteiger partial charge in [-0.1, -0.05) is 18.2 Å². The van der Waals surface area contributed by atoms with Gasteiger partial charge in [-0.2, -0.15) is 0 Å². The van der Waals surface area contributed by atoms with Crippen LogP contribution in [0, 0.1) is 0 Å². The van der Waals surface area contributed by atoms with Gasteiger partial charge < -0.3 is 21.1 Å². The SMILES string of the molecule is NC(=O)c1ccc(N2CCOc3ccccc3C2)c(N)c1. The lowest BCUT2D eigenvalue weighted by Crippen LogP contribution is -2.26. The number of nitrogen functional groups attached to an aromatic ring is 1. The normalized spacial score (nSPS) is 14.0. The summed E-state index contributed by atoms with van der Waals surface area (Å²) in [4.78, 5) is 13.3. The molecule has 5 heteroatoms. The first-order valence-corrected chi connectivity index (χ1v) is 6.80. The highest BCUT2D eigenvalue weighted by Crippen LogP contribution is 2.30. The lowest BCUT2D eigenvalue weighted by Gasteiger charge is -2.24. The van der Waals surface area contributed by atoms with Gasteiger partial charge in [-0.15, -0.1) is 0 Å². The van der Waals surface area contributed by atoms with Crippen LogP contribution < -0.4 is 21.1 Å². The summed E-state index contributed by atoms with van der Waals surface area (Å²) in [6.07, 6.45) is 0. The van der Waals surface area contributed by atoms with Gasteiger partial charge >= 0.3 is 0 Å². The Balaban J connectivity index is 1.92. The van der Waals surface area contributed by atoms with Gasteiger partial charge in [0, 0.05) is 17.7 Å². The first-order chi connectivity index (χ1) is 10.1. The molecule has 5 nitrogen and oxygen atoms in total. The molecule has 1 aliphatic heterocycles. The molecular formula is C16H17N3O2. The zero-order chi connectivity index (χ0) is 14.8. The van der Waals surface area contributed by atoms with Gasteiger partial charge in [0.1, 0.15) is 12.4 Å². The quantitative estimate of drug-likeness (QED) is 0.823. The van der Waals surface area contributed by atoms with Gasteiger partial charge in [0.05, 0.1) is 17.9 Å². The van der Waals surface area contributed by atoms with Gasteiger partial charge in [0.25, 0.3) is 0 Å². The summed E-state index contributed by atoms with van der Waals surface area (Å²) in [5, 5.41) is 0. The number of carbonyl (C=O) groups is 1. The van der Waals surface area contributed by atoms with Gasteiger partial charge in [-0.25, -0.2) is 0 Å². The monoisotopic (exact) mass is 283 g/mol. The highest BCUT2D eigenvalue weighted by atomic mass is 16.5. The summed E-state index contributed by atoms with van der Waals surface area (Å²) in [6, 6.07) is 13.1. The third-order valence-corrected chi connectivity index (χ3v) is 3.61. The number of amides is 1. The van der Waals surface area contributed by atoms with Gasteiger partial charge in [-0.05, 0) is 24.3 Å². The molecule has 0 unspecified atom stereocenters. The molecule has 1 aliphatic rings. The van der Waals surface area contributed by atoms with E-state index in [0.29, 0.717) is 17.9 Å². The zero-order valence-corrected chi connectivity index (χ0v) is 11.6. The molecule has 2 aromatic rings. The molecule has 3 rings (SSSR count). The van der Waals surface area contributed by atoms with Gasteiger partial charge in [0.2, 0.25) is 5.91 Å². The molecule has 2 aromatic carbocycles. The number of nitrogens with zero attached hydrogens (tertiary/aromatic N) is 1. The Hall–Kier alpha value is -2.69. The highest BCUT2D eigenvalue weighted by molar-refractivity contribution is 5.94. The van der Waals surface area contributed by atoms with Gasteiger partial charge in [-0.3, -0.25) is 4.79 Å². The van der Waals surface area contributed by atoms with E-state index in [1.807, 2.05) is 30.3 Å². The number of benzene rings is 2. The first-order valence-electron chi connectivity index (χ1n) is 6.80. The minimum Gasteiger partial charge on any atom is -0.491 e. The number of ether oxygens (including phenoxy) is 1. The molecule has 21 heavy (non-hydrogen) atoms. The van der Waals surface area contributed by atoms with Crippen LogP contribution in [0.5, 0.6) is 5.75 Å². The van der Waals surface area contributed by atoms with Crippen LogP contribution in [0.4, 0.5) is 11.4 Å². The second-order valence-corrected chi connectivity index (χ2v) is 5.02. The smallest absolute Gasteiger partial charge is 0.248 e. The van der Waals surface area contributed by atoms with E-state index in [2.05, 4.69) is 4.90 Å². The van der Waals surface area contributed by atoms with E-state index in [4.69, 9.17) is 16.2 Å². The summed E-state index contributed by atoms with van der Waals surface area (Å²) in [5.41, 5.74) is 14.3. The van der Waals surface area contributed by atoms with E-state index >= 15 is 0 Å². The Morgan fingerprint density at radius 1 is 1.19 bits per heavy atom. The number of nitrogens with two attached hydrogens (primary N) is 2. The van der Waals surface area contributed by atoms with Crippen molar-refractivity contribution in [1.82, 2.24) is 0 Å². The molecule has 0 aliphatic carbocycles. The van der Waals surface area contributed by atoms with Crippen LogP contribution in [0.15, 0.2) is 42.5 Å². The lowest BCUT2D eigenvalue weighted by atomic mass is 10.1. The third kappa shape index (κ3) is 2.63. The summed E-state index contributed by atoms with van der Waals surface area (Å²) in [5.74, 6) is 0.435. The van der Waals surface area contributed by atoms with Crippen molar-refractivity contribution in [1.29, 1.82) is 0 Å². The maximum atomic E-state index is 11.2. The fourth-order valence-electron chi connectivity index (χ4n) is 2.53. The average Bonchev–Trinajstić information content (AvgIpc) is 2.69. The molecule has 0 saturated carbocycles. The number of fused-ring (bicyclic) bond motifs is 1. The van der Waals surface area contributed by atoms with Crippen molar-refractivity contribution in [3.63, 3.8) is 0 Å². The van der Waals surface area contributed by atoms with E-state index < -0.39 is 5.91 Å². The van der Waals surface area contributed by atoms with Crippen LogP contribution in [0.25, 0.3) is 0 Å². The standard InChI is InChI=1S/C16H17N3O2/c17-13-9-11(16(18)20)5-6-14(13)19-7-8-21-15-4-2-1-3-12(15)10-19/h1-6,9H,7-8,10,17H2,(H2,18,20). The molecule has 0 radical (unpaired) electrons. The molecule has 1 heterocycles. The van der Waals surface area contributed by atoms with Crippen molar-refractivity contribution in [3.05, 3.63) is 53.6 Å². The van der Waals surface area contributed by atoms with Crippen molar-refractivity contribution >= 4 is 17.3 Å². The molecule has 1 amide bonds. The van der Waals surface area contributed by atoms with Crippen molar-refractivity contribution in [3.8, 4) is 5.75 Å². The summed E-state index contributed by atoms with van der Waals surface area (Å²) >= 11 is 0. The number of primary amides is 1. The second kappa shape index (κ2) is 5.36. The molecule has 0 aromatic heterocycles. The van der Waals surface area contributed by atoms with Crippen molar-refractivity contribution in [2.24, 2.45) is 5.73 Å². The summed E-state index contributed by atoms with van der Waals surface area (Å²) in [7, 11) is 0. The predicted octanol–water partition coefficient (Wildman–Crippen LogP) is 1.77. The fraction of sp³-hybridized carbons (Fsp3) is 0.188. The fourth-order valence-corrected chi connectivity index (χ4v) is 2.53. The van der Waals surface area contributed by atoms with Crippen molar-refractivity contribution in [2.45, 2.75) is 6.54 Å². The van der Waals surface area contributed by atoms with E-state index in [1.165, 1.54) is 0 Å². The number of hydrogen-bond acceptors (Lipinski definition) is 4. The number of carbonyl (C=O) groups excluding carboxylic acids is 1. The number of rotatable bonds is 2. The van der Waals surface area contributed by atoms with Crippen LogP contribution >= 0.6 is 0 Å². The Kier molecular flexibility index (Phi) is 3.39. The lowest BCUT2D eigenvalue weighted by molar-refractivity contribution is 0.100. The third-order valence-electron chi connectivity index (χ3n) is 3.61. The first kappa shape index (κ1) is 13.3. The Labute approximate surface area is 123 Å². The van der Waals surface area contributed by atoms with Crippen molar-refractivity contribution in [2.75, 3.05) is 23.8 Å². The van der Waals surface area contributed by atoms with Crippen LogP contribution in [0.3, 0.4) is 0 Å². The average molecular weight is 283 g/mol. The summed E-state index contributed by atoms with van der Waals surface area (Å²) in [6.45, 7) is 2.04. The number of anilines is 2. The molecule has 0 saturated heterocycles. The molecule has 0 bridgehead atoms. The maximum Gasteiger partial charge on any atom is 0.248 e. The molecule has 0 spiro atoms. The Morgan fingerprint density at radius 3 is 2.76 bits per heavy atom. The number of hydrogen-bond donors (Lipinski definition) is 2. The predicted molar refractivity (Wildman–Crippen MR) is 82.4 cm³/mol.